The van der Waals surface area contributed by atoms with Crippen LogP contribution in [0.3, 0.4) is 0 Å². The maximum absolute atomic E-state index is 11.1. The van der Waals surface area contributed by atoms with Crippen LogP contribution < -0.4 is 5.73 Å². The van der Waals surface area contributed by atoms with E-state index in [1.165, 1.54) is 0 Å². The van der Waals surface area contributed by atoms with Gasteiger partial charge in [-0.1, -0.05) is 29.8 Å². The first-order chi connectivity index (χ1) is 12.6. The molecule has 130 valence electrons. The highest BCUT2D eigenvalue weighted by atomic mass is 35.5. The van der Waals surface area contributed by atoms with Crippen molar-refractivity contribution in [1.82, 2.24) is 15.0 Å². The highest BCUT2D eigenvalue weighted by Crippen LogP contribution is 2.31. The molecule has 0 amide bonds. The lowest BCUT2D eigenvalue weighted by Gasteiger charge is -2.27. The minimum Gasteiger partial charge on any atom is -0.379 e. The third-order valence-electron chi connectivity index (χ3n) is 4.59. The van der Waals surface area contributed by atoms with Crippen molar-refractivity contribution in [3.05, 3.63) is 83.3 Å². The van der Waals surface area contributed by atoms with E-state index < -0.39 is 5.60 Å². The van der Waals surface area contributed by atoms with E-state index in [4.69, 9.17) is 17.3 Å². The fourth-order valence-electron chi connectivity index (χ4n) is 3.11. The largest absolute Gasteiger partial charge is 0.379 e. The number of H-pyrrole nitrogens is 1. The van der Waals surface area contributed by atoms with Crippen molar-refractivity contribution in [2.45, 2.75) is 5.60 Å². The molecular formula is C20H17ClN4O. The Kier molecular flexibility index (Phi) is 4.20. The van der Waals surface area contributed by atoms with Gasteiger partial charge in [0.15, 0.2) is 0 Å². The average Bonchev–Trinajstić information content (AvgIpc) is 3.17. The Morgan fingerprint density at radius 2 is 1.77 bits per heavy atom. The number of pyridine rings is 2. The monoisotopic (exact) mass is 364 g/mol. The zero-order chi connectivity index (χ0) is 18.1. The molecule has 0 aliphatic rings. The van der Waals surface area contributed by atoms with Crippen LogP contribution in [0.4, 0.5) is 0 Å². The number of fused-ring (bicyclic) bond motifs is 1. The summed E-state index contributed by atoms with van der Waals surface area (Å²) in [6, 6.07) is 14.6. The summed E-state index contributed by atoms with van der Waals surface area (Å²) in [5.41, 5.74) is 8.47. The second-order valence-electron chi connectivity index (χ2n) is 6.10. The normalized spacial score (nSPS) is 13.7. The second-order valence-corrected chi connectivity index (χ2v) is 6.54. The molecule has 1 unspecified atom stereocenters. The molecule has 4 aromatic rings. The van der Waals surface area contributed by atoms with Crippen molar-refractivity contribution in [3.8, 4) is 11.3 Å². The van der Waals surface area contributed by atoms with Crippen LogP contribution in [0.1, 0.15) is 11.1 Å². The van der Waals surface area contributed by atoms with Crippen LogP contribution in [0.15, 0.2) is 67.1 Å². The molecule has 3 heterocycles. The quantitative estimate of drug-likeness (QED) is 0.517. The van der Waals surface area contributed by atoms with Gasteiger partial charge in [0.25, 0.3) is 0 Å². The van der Waals surface area contributed by atoms with Gasteiger partial charge >= 0.3 is 0 Å². The molecule has 3 aromatic heterocycles. The van der Waals surface area contributed by atoms with Gasteiger partial charge in [-0.2, -0.15) is 0 Å². The number of nitrogens with two attached hydrogens (primary N) is 1. The molecule has 0 aliphatic heterocycles. The van der Waals surface area contributed by atoms with Crippen molar-refractivity contribution in [2.75, 3.05) is 6.54 Å². The van der Waals surface area contributed by atoms with Gasteiger partial charge in [-0.25, -0.2) is 4.98 Å². The lowest BCUT2D eigenvalue weighted by molar-refractivity contribution is 0.0899. The fourth-order valence-corrected chi connectivity index (χ4v) is 3.24. The Labute approximate surface area is 155 Å². The first kappa shape index (κ1) is 16.7. The maximum atomic E-state index is 11.1. The summed E-state index contributed by atoms with van der Waals surface area (Å²) in [7, 11) is 0. The van der Waals surface area contributed by atoms with Gasteiger partial charge in [-0.3, -0.25) is 4.98 Å². The van der Waals surface area contributed by atoms with Crippen LogP contribution in [-0.2, 0) is 5.60 Å². The smallest absolute Gasteiger partial charge is 0.137 e. The molecule has 1 atom stereocenters. The molecule has 0 spiro atoms. The summed E-state index contributed by atoms with van der Waals surface area (Å²) < 4.78 is 0. The molecule has 4 rings (SSSR count). The molecule has 0 radical (unpaired) electrons. The van der Waals surface area contributed by atoms with Crippen LogP contribution in [0.25, 0.3) is 22.3 Å². The fraction of sp³-hybridized carbons (Fsp3) is 0.100. The molecule has 0 bridgehead atoms. The molecule has 1 aromatic carbocycles. The number of hydrogen-bond acceptors (Lipinski definition) is 4. The summed E-state index contributed by atoms with van der Waals surface area (Å²) in [6.45, 7) is 0.0347. The summed E-state index contributed by atoms with van der Waals surface area (Å²) in [4.78, 5) is 11.9. The van der Waals surface area contributed by atoms with E-state index >= 15 is 0 Å². The summed E-state index contributed by atoms with van der Waals surface area (Å²) in [6.07, 6.45) is 5.26. The number of aromatic amines is 1. The lowest BCUT2D eigenvalue weighted by Crippen LogP contribution is -2.36. The topological polar surface area (TPSA) is 87.8 Å². The van der Waals surface area contributed by atoms with E-state index in [2.05, 4.69) is 15.0 Å². The van der Waals surface area contributed by atoms with Gasteiger partial charge in [0.2, 0.25) is 0 Å². The van der Waals surface area contributed by atoms with Crippen LogP contribution in [-0.4, -0.2) is 26.6 Å². The Morgan fingerprint density at radius 1 is 1.00 bits per heavy atom. The molecule has 26 heavy (non-hydrogen) atoms. The van der Waals surface area contributed by atoms with E-state index in [-0.39, 0.29) is 6.54 Å². The summed E-state index contributed by atoms with van der Waals surface area (Å²) in [5, 5.41) is 12.7. The Morgan fingerprint density at radius 3 is 2.46 bits per heavy atom. The van der Waals surface area contributed by atoms with E-state index in [0.29, 0.717) is 16.1 Å². The minimum atomic E-state index is -1.32. The number of nitrogens with one attached hydrogen (secondary N) is 1. The zero-order valence-electron chi connectivity index (χ0n) is 13.9. The molecule has 0 saturated carbocycles. The van der Waals surface area contributed by atoms with Crippen molar-refractivity contribution in [3.63, 3.8) is 0 Å². The van der Waals surface area contributed by atoms with Gasteiger partial charge in [0.05, 0.1) is 5.69 Å². The van der Waals surface area contributed by atoms with Gasteiger partial charge in [0.1, 0.15) is 11.2 Å². The number of aromatic nitrogens is 3. The third-order valence-corrected chi connectivity index (χ3v) is 4.85. The van der Waals surface area contributed by atoms with Crippen LogP contribution in [0.2, 0.25) is 5.02 Å². The van der Waals surface area contributed by atoms with Crippen LogP contribution >= 0.6 is 11.6 Å². The summed E-state index contributed by atoms with van der Waals surface area (Å²) in [5.74, 6) is 0. The molecule has 4 N–H and O–H groups in total. The number of rotatable bonds is 4. The first-order valence-corrected chi connectivity index (χ1v) is 8.57. The molecule has 0 fully saturated rings. The van der Waals surface area contributed by atoms with Crippen molar-refractivity contribution < 1.29 is 5.11 Å². The van der Waals surface area contributed by atoms with Gasteiger partial charge in [0, 0.05) is 46.7 Å². The highest BCUT2D eigenvalue weighted by Gasteiger charge is 2.30. The maximum Gasteiger partial charge on any atom is 0.137 e. The van der Waals surface area contributed by atoms with E-state index in [1.807, 2.05) is 30.5 Å². The Balaban J connectivity index is 1.75. The number of hydrogen-bond donors (Lipinski definition) is 3. The van der Waals surface area contributed by atoms with Crippen molar-refractivity contribution >= 4 is 22.6 Å². The third kappa shape index (κ3) is 2.76. The SMILES string of the molecule is NCC(O)(c1ccc(Cl)cc1)c1ccc(-c2ccnc3[nH]ccc23)nc1. The van der Waals surface area contributed by atoms with Crippen molar-refractivity contribution in [2.24, 2.45) is 5.73 Å². The Bertz CT molecular complexity index is 1040. The van der Waals surface area contributed by atoms with Crippen LogP contribution in [0, 0.1) is 0 Å². The van der Waals surface area contributed by atoms with Gasteiger partial charge in [-0.05, 0) is 35.9 Å². The van der Waals surface area contributed by atoms with Gasteiger partial charge < -0.3 is 15.8 Å². The van der Waals surface area contributed by atoms with Crippen molar-refractivity contribution in [1.29, 1.82) is 0 Å². The number of benzene rings is 1. The number of aliphatic hydroxyl groups is 1. The first-order valence-electron chi connectivity index (χ1n) is 8.19. The number of halogens is 1. The lowest BCUT2D eigenvalue weighted by atomic mass is 9.87. The minimum absolute atomic E-state index is 0.0347. The van der Waals surface area contributed by atoms with Gasteiger partial charge in [-0.15, -0.1) is 0 Å². The Hall–Kier alpha value is -2.73. The van der Waals surface area contributed by atoms with E-state index in [1.54, 1.807) is 36.7 Å². The predicted octanol–water partition coefficient (Wildman–Crippen LogP) is 3.47. The molecule has 0 aliphatic carbocycles. The molecule has 0 saturated heterocycles. The second kappa shape index (κ2) is 6.53. The molecule has 6 heteroatoms. The van der Waals surface area contributed by atoms with Crippen LogP contribution in [0.5, 0.6) is 0 Å². The van der Waals surface area contributed by atoms with E-state index in [9.17, 15) is 5.11 Å². The predicted molar refractivity (Wildman–Crippen MR) is 103 cm³/mol. The molecular weight excluding hydrogens is 348 g/mol. The molecule has 5 nitrogen and oxygen atoms in total. The zero-order valence-corrected chi connectivity index (χ0v) is 14.6. The van der Waals surface area contributed by atoms with E-state index in [0.717, 1.165) is 22.3 Å². The average molecular weight is 365 g/mol. The highest BCUT2D eigenvalue weighted by molar-refractivity contribution is 6.30. The summed E-state index contributed by atoms with van der Waals surface area (Å²) >= 11 is 5.95. The standard InChI is InChI=1S/C20H17ClN4O/c21-15-4-1-13(2-5-15)20(26,12-22)14-3-6-18(25-11-14)16-7-9-23-19-17(16)8-10-24-19/h1-11,26H,12,22H2,(H,23,24). The number of nitrogens with zero attached hydrogens (tertiary/aromatic N) is 2.